The summed E-state index contributed by atoms with van der Waals surface area (Å²) in [6.45, 7) is 2.09. The fraction of sp³-hybridized carbons (Fsp3) is 0.182. The average Bonchev–Trinajstić information content (AvgIpc) is 2.74. The molecule has 0 fully saturated rings. The van der Waals surface area contributed by atoms with Gasteiger partial charge in [0.05, 0.1) is 13.4 Å². The second-order valence-electron chi connectivity index (χ2n) is 6.18. The molecule has 1 heterocycles. The van der Waals surface area contributed by atoms with Gasteiger partial charge in [0, 0.05) is 5.56 Å². The van der Waals surface area contributed by atoms with Gasteiger partial charge in [-0.25, -0.2) is 4.79 Å². The molecule has 3 rings (SSSR count). The molecule has 0 saturated carbocycles. The summed E-state index contributed by atoms with van der Waals surface area (Å²) in [4.78, 5) is 23.8. The molecule has 0 unspecified atom stereocenters. The van der Waals surface area contributed by atoms with Gasteiger partial charge in [0.15, 0.2) is 0 Å². The molecule has 3 aromatic rings. The monoisotopic (exact) mass is 407 g/mol. The number of hydrogen-bond acceptors (Lipinski definition) is 7. The SMILES string of the molecule is CCCc1ccccc1Oc1ncnc(Oc2ccccc2/C(=C/OC)C(=O)O)n1. The Morgan fingerprint density at radius 1 is 1.00 bits per heavy atom. The third-order valence-corrected chi connectivity index (χ3v) is 4.07. The minimum Gasteiger partial charge on any atom is -0.503 e. The number of aryl methyl sites for hydroxylation is 1. The first-order chi connectivity index (χ1) is 14.6. The molecule has 2 aromatic carbocycles. The molecule has 0 atom stereocenters. The van der Waals surface area contributed by atoms with Crippen LogP contribution in [-0.2, 0) is 16.0 Å². The molecule has 0 saturated heterocycles. The first-order valence-corrected chi connectivity index (χ1v) is 9.30. The van der Waals surface area contributed by atoms with Crippen LogP contribution < -0.4 is 9.47 Å². The number of carbonyl (C=O) groups is 1. The Kier molecular flexibility index (Phi) is 6.94. The van der Waals surface area contributed by atoms with Crippen molar-refractivity contribution in [2.45, 2.75) is 19.8 Å². The van der Waals surface area contributed by atoms with Crippen LogP contribution in [0.3, 0.4) is 0 Å². The first kappa shape index (κ1) is 20.8. The molecule has 0 bridgehead atoms. The van der Waals surface area contributed by atoms with E-state index in [0.717, 1.165) is 24.7 Å². The van der Waals surface area contributed by atoms with E-state index in [2.05, 4.69) is 21.9 Å². The fourth-order valence-electron chi connectivity index (χ4n) is 2.77. The maximum atomic E-state index is 11.6. The Balaban J connectivity index is 1.87. The third kappa shape index (κ3) is 5.11. The maximum absolute atomic E-state index is 11.6. The van der Waals surface area contributed by atoms with Crippen molar-refractivity contribution < 1.29 is 24.1 Å². The molecule has 0 aliphatic heterocycles. The van der Waals surface area contributed by atoms with E-state index in [1.54, 1.807) is 24.3 Å². The van der Waals surface area contributed by atoms with Gasteiger partial charge >= 0.3 is 18.0 Å². The van der Waals surface area contributed by atoms with Gasteiger partial charge in [-0.3, -0.25) is 0 Å². The van der Waals surface area contributed by atoms with Crippen LogP contribution in [0.2, 0.25) is 0 Å². The Hall–Kier alpha value is -3.94. The molecule has 0 amide bonds. The van der Waals surface area contributed by atoms with E-state index in [4.69, 9.17) is 14.2 Å². The summed E-state index contributed by atoms with van der Waals surface area (Å²) in [5, 5.41) is 9.46. The summed E-state index contributed by atoms with van der Waals surface area (Å²) < 4.78 is 16.5. The van der Waals surface area contributed by atoms with E-state index >= 15 is 0 Å². The van der Waals surface area contributed by atoms with Gasteiger partial charge < -0.3 is 19.3 Å². The normalized spacial score (nSPS) is 11.1. The Labute approximate surface area is 173 Å². The number of nitrogens with zero attached hydrogens (tertiary/aromatic N) is 3. The number of carboxylic acids is 1. The van der Waals surface area contributed by atoms with Crippen LogP contribution in [0.5, 0.6) is 23.5 Å². The molecule has 154 valence electrons. The number of carboxylic acid groups (broad SMARTS) is 1. The van der Waals surface area contributed by atoms with Crippen molar-refractivity contribution in [1.29, 1.82) is 0 Å². The molecule has 8 heteroatoms. The topological polar surface area (TPSA) is 104 Å². The fourth-order valence-corrected chi connectivity index (χ4v) is 2.77. The van der Waals surface area contributed by atoms with Crippen LogP contribution in [-0.4, -0.2) is 33.1 Å². The molecule has 1 aromatic heterocycles. The van der Waals surface area contributed by atoms with Crippen molar-refractivity contribution in [3.8, 4) is 23.5 Å². The highest BCUT2D eigenvalue weighted by atomic mass is 16.5. The lowest BCUT2D eigenvalue weighted by Crippen LogP contribution is -2.04. The number of ether oxygens (including phenoxy) is 3. The van der Waals surface area contributed by atoms with E-state index in [-0.39, 0.29) is 23.3 Å². The van der Waals surface area contributed by atoms with E-state index in [1.807, 2.05) is 24.3 Å². The summed E-state index contributed by atoms with van der Waals surface area (Å²) in [6, 6.07) is 14.3. The number of hydrogen-bond donors (Lipinski definition) is 1. The predicted molar refractivity (Wildman–Crippen MR) is 109 cm³/mol. The second kappa shape index (κ2) is 10.0. The number of rotatable bonds is 9. The van der Waals surface area contributed by atoms with Gasteiger partial charge in [0.25, 0.3) is 0 Å². The number of para-hydroxylation sites is 2. The van der Waals surface area contributed by atoms with Crippen LogP contribution in [0.25, 0.3) is 5.57 Å². The van der Waals surface area contributed by atoms with Crippen molar-refractivity contribution in [2.75, 3.05) is 7.11 Å². The second-order valence-corrected chi connectivity index (χ2v) is 6.18. The largest absolute Gasteiger partial charge is 0.503 e. The minimum atomic E-state index is -1.15. The van der Waals surface area contributed by atoms with Crippen molar-refractivity contribution in [3.05, 3.63) is 72.2 Å². The quantitative estimate of drug-likeness (QED) is 0.409. The van der Waals surface area contributed by atoms with Crippen molar-refractivity contribution in [1.82, 2.24) is 15.0 Å². The Morgan fingerprint density at radius 3 is 2.30 bits per heavy atom. The van der Waals surface area contributed by atoms with Crippen LogP contribution in [0, 0.1) is 0 Å². The smallest absolute Gasteiger partial charge is 0.339 e. The Bertz CT molecular complexity index is 1050. The zero-order valence-electron chi connectivity index (χ0n) is 16.6. The summed E-state index contributed by atoms with van der Waals surface area (Å²) in [5.74, 6) is -0.236. The summed E-state index contributed by atoms with van der Waals surface area (Å²) in [5.41, 5.74) is 1.30. The molecule has 30 heavy (non-hydrogen) atoms. The number of aromatic nitrogens is 3. The van der Waals surface area contributed by atoms with Gasteiger partial charge in [-0.15, -0.1) is 4.98 Å². The molecular weight excluding hydrogens is 386 g/mol. The molecule has 8 nitrogen and oxygen atoms in total. The summed E-state index contributed by atoms with van der Waals surface area (Å²) >= 11 is 0. The highest BCUT2D eigenvalue weighted by molar-refractivity contribution is 6.15. The van der Waals surface area contributed by atoms with Crippen LogP contribution in [0.4, 0.5) is 0 Å². The maximum Gasteiger partial charge on any atom is 0.339 e. The van der Waals surface area contributed by atoms with E-state index in [1.165, 1.54) is 13.4 Å². The van der Waals surface area contributed by atoms with E-state index in [0.29, 0.717) is 11.3 Å². The number of methoxy groups -OCH3 is 1. The molecule has 0 radical (unpaired) electrons. The zero-order chi connectivity index (χ0) is 21.3. The van der Waals surface area contributed by atoms with Gasteiger partial charge in [-0.05, 0) is 24.1 Å². The van der Waals surface area contributed by atoms with Crippen molar-refractivity contribution in [2.24, 2.45) is 0 Å². The number of benzene rings is 2. The molecule has 0 spiro atoms. The lowest BCUT2D eigenvalue weighted by atomic mass is 10.1. The van der Waals surface area contributed by atoms with Crippen molar-refractivity contribution in [3.63, 3.8) is 0 Å². The van der Waals surface area contributed by atoms with Crippen molar-refractivity contribution >= 4 is 11.5 Å². The van der Waals surface area contributed by atoms with Crippen LogP contribution in [0.1, 0.15) is 24.5 Å². The standard InChI is InChI=1S/C22H21N3O5/c1-3-8-15-9-4-6-11-18(15)29-21-23-14-24-22(25-21)30-19-12-7-5-10-16(19)17(13-28-2)20(26)27/h4-7,9-14H,3,8H2,1-2H3,(H,26,27)/b17-13-. The number of aliphatic carboxylic acids is 1. The Morgan fingerprint density at radius 2 is 1.63 bits per heavy atom. The van der Waals surface area contributed by atoms with Gasteiger partial charge in [0.2, 0.25) is 0 Å². The highest BCUT2D eigenvalue weighted by Crippen LogP contribution is 2.30. The van der Waals surface area contributed by atoms with Crippen LogP contribution in [0.15, 0.2) is 61.1 Å². The summed E-state index contributed by atoms with van der Waals surface area (Å²) in [7, 11) is 1.37. The highest BCUT2D eigenvalue weighted by Gasteiger charge is 2.17. The molecule has 0 aliphatic rings. The third-order valence-electron chi connectivity index (χ3n) is 4.07. The van der Waals surface area contributed by atoms with E-state index in [9.17, 15) is 9.90 Å². The zero-order valence-corrected chi connectivity index (χ0v) is 16.6. The minimum absolute atomic E-state index is 0.0254. The lowest BCUT2D eigenvalue weighted by molar-refractivity contribution is -0.130. The molecule has 0 aliphatic carbocycles. The van der Waals surface area contributed by atoms with Gasteiger partial charge in [0.1, 0.15) is 23.4 Å². The lowest BCUT2D eigenvalue weighted by Gasteiger charge is -2.11. The predicted octanol–water partition coefficient (Wildman–Crippen LogP) is 4.48. The first-order valence-electron chi connectivity index (χ1n) is 9.30. The average molecular weight is 407 g/mol. The molecular formula is C22H21N3O5. The summed E-state index contributed by atoms with van der Waals surface area (Å²) in [6.07, 6.45) is 4.24. The van der Waals surface area contributed by atoms with E-state index < -0.39 is 5.97 Å². The van der Waals surface area contributed by atoms with Crippen LogP contribution >= 0.6 is 0 Å². The molecule has 1 N–H and O–H groups in total. The van der Waals surface area contributed by atoms with Gasteiger partial charge in [-0.2, -0.15) is 9.97 Å². The van der Waals surface area contributed by atoms with Gasteiger partial charge in [-0.1, -0.05) is 49.7 Å².